The molecule has 0 fully saturated rings. The molecular weight excluding hydrogens is 290 g/mol. The van der Waals surface area contributed by atoms with Gasteiger partial charge in [0, 0.05) is 24.0 Å². The Morgan fingerprint density at radius 2 is 2.11 bits per heavy atom. The van der Waals surface area contributed by atoms with Crippen molar-refractivity contribution in [3.8, 4) is 0 Å². The number of halogens is 1. The summed E-state index contributed by atoms with van der Waals surface area (Å²) in [5.74, 6) is 0.886. The maximum absolute atomic E-state index is 12.3. The highest BCUT2D eigenvalue weighted by atomic mass is 79.9. The fraction of sp³-hybridized carbons (Fsp3) is 0.533. The minimum Gasteiger partial charge on any atom is -0.338 e. The summed E-state index contributed by atoms with van der Waals surface area (Å²) in [6, 6.07) is 7.98. The number of rotatable bonds is 5. The Labute approximate surface area is 117 Å². The van der Waals surface area contributed by atoms with Gasteiger partial charge in [-0.25, -0.2) is 0 Å². The smallest absolute Gasteiger partial charge is 0.254 e. The van der Waals surface area contributed by atoms with Gasteiger partial charge in [0.1, 0.15) is 0 Å². The van der Waals surface area contributed by atoms with Gasteiger partial charge in [0.05, 0.1) is 0 Å². The van der Waals surface area contributed by atoms with Crippen molar-refractivity contribution in [3.63, 3.8) is 0 Å². The van der Waals surface area contributed by atoms with E-state index in [1.54, 1.807) is 0 Å². The summed E-state index contributed by atoms with van der Waals surface area (Å²) in [6.07, 6.45) is 3.27. The summed E-state index contributed by atoms with van der Waals surface area (Å²) in [7, 11) is 0. The zero-order valence-electron chi connectivity index (χ0n) is 10.9. The van der Waals surface area contributed by atoms with Gasteiger partial charge >= 0.3 is 0 Å². The molecule has 1 unspecified atom stereocenters. The largest absolute Gasteiger partial charge is 0.338 e. The Bertz CT molecular complexity index is 419. The van der Waals surface area contributed by atoms with Crippen molar-refractivity contribution in [3.05, 3.63) is 35.4 Å². The van der Waals surface area contributed by atoms with Crippen LogP contribution in [-0.2, 0) is 6.42 Å². The van der Waals surface area contributed by atoms with Gasteiger partial charge in [0.25, 0.3) is 5.91 Å². The van der Waals surface area contributed by atoms with Gasteiger partial charge < -0.3 is 4.90 Å². The fourth-order valence-corrected chi connectivity index (χ4v) is 3.18. The summed E-state index contributed by atoms with van der Waals surface area (Å²) in [5, 5.41) is 1.05. The second-order valence-electron chi connectivity index (χ2n) is 5.07. The molecule has 1 aromatic rings. The molecule has 1 amide bonds. The fourth-order valence-electron chi connectivity index (χ4n) is 2.39. The third kappa shape index (κ3) is 3.14. The van der Waals surface area contributed by atoms with Crippen LogP contribution >= 0.6 is 15.9 Å². The molecule has 0 N–H and O–H groups in total. The van der Waals surface area contributed by atoms with Gasteiger partial charge in [0.2, 0.25) is 0 Å². The number of amides is 1. The standard InChI is InChI=1S/C15H20BrNO/c1-12(6-9-16)7-10-17-11-8-13-4-2-3-5-14(13)15(17)18/h2-5,12H,6-11H2,1H3. The Kier molecular flexibility index (Phi) is 4.81. The number of carbonyl (C=O) groups excluding carboxylic acids is 1. The quantitative estimate of drug-likeness (QED) is 0.762. The third-order valence-electron chi connectivity index (χ3n) is 3.68. The van der Waals surface area contributed by atoms with E-state index in [9.17, 15) is 4.79 Å². The van der Waals surface area contributed by atoms with Gasteiger partial charge in [-0.1, -0.05) is 41.1 Å². The van der Waals surface area contributed by atoms with Crippen LogP contribution in [0.25, 0.3) is 0 Å². The van der Waals surface area contributed by atoms with Crippen molar-refractivity contribution in [2.24, 2.45) is 5.92 Å². The van der Waals surface area contributed by atoms with Crippen molar-refractivity contribution >= 4 is 21.8 Å². The average molecular weight is 310 g/mol. The molecule has 98 valence electrons. The molecule has 2 nitrogen and oxygen atoms in total. The molecule has 1 aromatic carbocycles. The van der Waals surface area contributed by atoms with E-state index in [0.29, 0.717) is 5.92 Å². The zero-order valence-corrected chi connectivity index (χ0v) is 12.4. The third-order valence-corrected chi connectivity index (χ3v) is 4.14. The van der Waals surface area contributed by atoms with Crippen molar-refractivity contribution < 1.29 is 4.79 Å². The highest BCUT2D eigenvalue weighted by molar-refractivity contribution is 9.09. The number of carbonyl (C=O) groups is 1. The van der Waals surface area contributed by atoms with Gasteiger partial charge in [-0.2, -0.15) is 0 Å². The lowest BCUT2D eigenvalue weighted by Crippen LogP contribution is -2.38. The van der Waals surface area contributed by atoms with Crippen LogP contribution in [-0.4, -0.2) is 29.2 Å². The van der Waals surface area contributed by atoms with Crippen LogP contribution in [0.3, 0.4) is 0 Å². The van der Waals surface area contributed by atoms with Crippen LogP contribution in [0.1, 0.15) is 35.7 Å². The number of benzene rings is 1. The van der Waals surface area contributed by atoms with Crippen LogP contribution in [0.4, 0.5) is 0 Å². The summed E-state index contributed by atoms with van der Waals surface area (Å²) in [5.41, 5.74) is 2.10. The summed E-state index contributed by atoms with van der Waals surface area (Å²) < 4.78 is 0. The van der Waals surface area contributed by atoms with Crippen molar-refractivity contribution in [1.29, 1.82) is 0 Å². The number of hydrogen-bond acceptors (Lipinski definition) is 1. The Hall–Kier alpha value is -0.830. The van der Waals surface area contributed by atoms with Gasteiger partial charge in [0.15, 0.2) is 0 Å². The highest BCUT2D eigenvalue weighted by Gasteiger charge is 2.23. The molecule has 0 aromatic heterocycles. The van der Waals surface area contributed by atoms with Crippen LogP contribution in [0, 0.1) is 5.92 Å². The topological polar surface area (TPSA) is 20.3 Å². The van der Waals surface area contributed by atoms with E-state index in [2.05, 4.69) is 28.9 Å². The molecule has 0 radical (unpaired) electrons. The average Bonchev–Trinajstić information content (AvgIpc) is 2.39. The van der Waals surface area contributed by atoms with Gasteiger partial charge in [-0.05, 0) is 36.8 Å². The molecule has 0 bridgehead atoms. The molecule has 1 aliphatic heterocycles. The number of nitrogens with zero attached hydrogens (tertiary/aromatic N) is 1. The molecule has 0 spiro atoms. The first-order valence-electron chi connectivity index (χ1n) is 6.65. The molecule has 1 aliphatic rings. The first-order valence-corrected chi connectivity index (χ1v) is 7.77. The highest BCUT2D eigenvalue weighted by Crippen LogP contribution is 2.20. The molecule has 0 saturated heterocycles. The number of alkyl halides is 1. The monoisotopic (exact) mass is 309 g/mol. The Morgan fingerprint density at radius 3 is 2.89 bits per heavy atom. The molecule has 3 heteroatoms. The molecule has 1 atom stereocenters. The van der Waals surface area contributed by atoms with Crippen LogP contribution in [0.2, 0.25) is 0 Å². The predicted octanol–water partition coefficient (Wildman–Crippen LogP) is 3.50. The van der Waals surface area contributed by atoms with E-state index < -0.39 is 0 Å². The van der Waals surface area contributed by atoms with E-state index in [0.717, 1.165) is 36.8 Å². The van der Waals surface area contributed by atoms with E-state index in [1.807, 2.05) is 23.1 Å². The molecule has 18 heavy (non-hydrogen) atoms. The number of hydrogen-bond donors (Lipinski definition) is 0. The Morgan fingerprint density at radius 1 is 1.33 bits per heavy atom. The van der Waals surface area contributed by atoms with E-state index in [1.165, 1.54) is 12.0 Å². The van der Waals surface area contributed by atoms with Crippen molar-refractivity contribution in [2.75, 3.05) is 18.4 Å². The molecule has 0 aliphatic carbocycles. The molecule has 0 saturated carbocycles. The first-order chi connectivity index (χ1) is 8.72. The first kappa shape index (κ1) is 13.6. The van der Waals surface area contributed by atoms with Gasteiger partial charge in [-0.3, -0.25) is 4.79 Å². The minimum atomic E-state index is 0.211. The summed E-state index contributed by atoms with van der Waals surface area (Å²) >= 11 is 3.47. The summed E-state index contributed by atoms with van der Waals surface area (Å²) in [6.45, 7) is 4.02. The Balaban J connectivity index is 1.95. The lowest BCUT2D eigenvalue weighted by Gasteiger charge is -2.29. The molecule has 2 rings (SSSR count). The van der Waals surface area contributed by atoms with E-state index in [4.69, 9.17) is 0 Å². The van der Waals surface area contributed by atoms with Crippen LogP contribution < -0.4 is 0 Å². The second-order valence-corrected chi connectivity index (χ2v) is 5.86. The maximum Gasteiger partial charge on any atom is 0.254 e. The second kappa shape index (κ2) is 6.37. The number of fused-ring (bicyclic) bond motifs is 1. The van der Waals surface area contributed by atoms with Gasteiger partial charge in [-0.15, -0.1) is 0 Å². The molecule has 1 heterocycles. The molecular formula is C15H20BrNO. The van der Waals surface area contributed by atoms with Crippen LogP contribution in [0.15, 0.2) is 24.3 Å². The lowest BCUT2D eigenvalue weighted by molar-refractivity contribution is 0.0731. The maximum atomic E-state index is 12.3. The minimum absolute atomic E-state index is 0.211. The van der Waals surface area contributed by atoms with Crippen molar-refractivity contribution in [2.45, 2.75) is 26.2 Å². The van der Waals surface area contributed by atoms with Crippen molar-refractivity contribution in [1.82, 2.24) is 4.90 Å². The summed E-state index contributed by atoms with van der Waals surface area (Å²) in [4.78, 5) is 14.3. The van der Waals surface area contributed by atoms with Crippen LogP contribution in [0.5, 0.6) is 0 Å². The van der Waals surface area contributed by atoms with E-state index in [-0.39, 0.29) is 5.91 Å². The SMILES string of the molecule is CC(CCBr)CCN1CCc2ccccc2C1=O. The lowest BCUT2D eigenvalue weighted by atomic mass is 9.98. The normalized spacial score (nSPS) is 16.6. The predicted molar refractivity (Wildman–Crippen MR) is 78.2 cm³/mol. The zero-order chi connectivity index (χ0) is 13.0. The van der Waals surface area contributed by atoms with E-state index >= 15 is 0 Å².